The van der Waals surface area contributed by atoms with Crippen LogP contribution in [-0.4, -0.2) is 41.8 Å². The van der Waals surface area contributed by atoms with E-state index in [9.17, 15) is 19.5 Å². The summed E-state index contributed by atoms with van der Waals surface area (Å²) in [5.41, 5.74) is 4.39. The van der Waals surface area contributed by atoms with E-state index in [-0.39, 0.29) is 24.9 Å². The molecule has 3 N–H and O–H groups in total. The second-order valence-corrected chi connectivity index (χ2v) is 8.00. The van der Waals surface area contributed by atoms with Crippen molar-refractivity contribution in [1.82, 2.24) is 10.6 Å². The zero-order valence-corrected chi connectivity index (χ0v) is 18.0. The van der Waals surface area contributed by atoms with Crippen LogP contribution in [0, 0.1) is 18.3 Å². The van der Waals surface area contributed by atoms with E-state index < -0.39 is 30.1 Å². The molecule has 2 amide bonds. The molecule has 0 saturated carbocycles. The summed E-state index contributed by atoms with van der Waals surface area (Å²) in [6.45, 7) is 3.59. The van der Waals surface area contributed by atoms with Crippen molar-refractivity contribution in [3.05, 3.63) is 59.7 Å². The van der Waals surface area contributed by atoms with Gasteiger partial charge < -0.3 is 20.5 Å². The number of carbonyl (C=O) groups excluding carboxylic acids is 2. The maximum absolute atomic E-state index is 12.6. The maximum atomic E-state index is 12.6. The number of benzene rings is 2. The molecule has 2 atom stereocenters. The van der Waals surface area contributed by atoms with Gasteiger partial charge in [0.15, 0.2) is 0 Å². The topological polar surface area (TPSA) is 105 Å². The molecular formula is C25H26N2O5. The van der Waals surface area contributed by atoms with Crippen LogP contribution in [0.25, 0.3) is 11.1 Å². The van der Waals surface area contributed by atoms with Crippen LogP contribution in [0.2, 0.25) is 0 Å². The summed E-state index contributed by atoms with van der Waals surface area (Å²) in [6.07, 6.45) is 4.27. The summed E-state index contributed by atoms with van der Waals surface area (Å²) < 4.78 is 5.49. The van der Waals surface area contributed by atoms with E-state index in [4.69, 9.17) is 11.2 Å². The minimum Gasteiger partial charge on any atom is -0.480 e. The zero-order valence-electron chi connectivity index (χ0n) is 18.0. The Kier molecular flexibility index (Phi) is 7.16. The van der Waals surface area contributed by atoms with Gasteiger partial charge in [-0.3, -0.25) is 4.79 Å². The van der Waals surface area contributed by atoms with Gasteiger partial charge in [-0.1, -0.05) is 62.4 Å². The Labute approximate surface area is 187 Å². The van der Waals surface area contributed by atoms with Crippen LogP contribution in [-0.2, 0) is 14.3 Å². The van der Waals surface area contributed by atoms with Crippen LogP contribution in [0.15, 0.2) is 48.5 Å². The number of fused-ring (bicyclic) bond motifs is 3. The van der Waals surface area contributed by atoms with Crippen molar-refractivity contribution in [2.24, 2.45) is 5.92 Å². The molecule has 0 fully saturated rings. The van der Waals surface area contributed by atoms with Gasteiger partial charge in [0.05, 0.1) is 0 Å². The Balaban J connectivity index is 1.66. The number of carboxylic acids is 1. The molecule has 32 heavy (non-hydrogen) atoms. The molecule has 0 aromatic heterocycles. The molecule has 0 saturated heterocycles. The third-order valence-corrected chi connectivity index (χ3v) is 5.50. The molecule has 0 spiro atoms. The Morgan fingerprint density at radius 2 is 1.59 bits per heavy atom. The summed E-state index contributed by atoms with van der Waals surface area (Å²) in [5, 5.41) is 14.1. The van der Waals surface area contributed by atoms with Gasteiger partial charge in [-0.05, 0) is 28.2 Å². The van der Waals surface area contributed by atoms with Crippen LogP contribution in [0.1, 0.15) is 37.3 Å². The van der Waals surface area contributed by atoms with Gasteiger partial charge in [-0.15, -0.1) is 12.3 Å². The Morgan fingerprint density at radius 1 is 1.03 bits per heavy atom. The normalized spacial score (nSPS) is 13.9. The summed E-state index contributed by atoms with van der Waals surface area (Å²) in [7, 11) is 0. The number of carbonyl (C=O) groups is 3. The second kappa shape index (κ2) is 10.0. The zero-order chi connectivity index (χ0) is 23.3. The van der Waals surface area contributed by atoms with Gasteiger partial charge in [-0.2, -0.15) is 0 Å². The van der Waals surface area contributed by atoms with E-state index in [1.807, 2.05) is 48.5 Å². The highest BCUT2D eigenvalue weighted by molar-refractivity contribution is 5.89. The summed E-state index contributed by atoms with van der Waals surface area (Å²) in [6, 6.07) is 13.8. The highest BCUT2D eigenvalue weighted by atomic mass is 16.5. The number of aliphatic carboxylic acids is 1. The van der Waals surface area contributed by atoms with Crippen molar-refractivity contribution in [1.29, 1.82) is 0 Å². The van der Waals surface area contributed by atoms with Gasteiger partial charge >= 0.3 is 12.1 Å². The van der Waals surface area contributed by atoms with Crippen LogP contribution < -0.4 is 10.6 Å². The lowest BCUT2D eigenvalue weighted by molar-refractivity contribution is -0.142. The van der Waals surface area contributed by atoms with E-state index in [2.05, 4.69) is 16.6 Å². The van der Waals surface area contributed by atoms with Crippen LogP contribution in [0.5, 0.6) is 0 Å². The first-order valence-electron chi connectivity index (χ1n) is 10.4. The highest BCUT2D eigenvalue weighted by Crippen LogP contribution is 2.44. The molecule has 2 aromatic carbocycles. The average Bonchev–Trinajstić information content (AvgIpc) is 3.09. The number of ether oxygens (including phenoxy) is 1. The quantitative estimate of drug-likeness (QED) is 0.554. The summed E-state index contributed by atoms with van der Waals surface area (Å²) in [5.74, 6) is -0.0418. The van der Waals surface area contributed by atoms with Crippen molar-refractivity contribution < 1.29 is 24.2 Å². The average molecular weight is 434 g/mol. The van der Waals surface area contributed by atoms with Crippen LogP contribution in [0.4, 0.5) is 4.79 Å². The molecular weight excluding hydrogens is 408 g/mol. The molecule has 0 aliphatic heterocycles. The Hall–Kier alpha value is -3.79. The van der Waals surface area contributed by atoms with Gasteiger partial charge in [0.2, 0.25) is 5.91 Å². The minimum atomic E-state index is -1.24. The van der Waals surface area contributed by atoms with Crippen molar-refractivity contribution in [3.8, 4) is 23.5 Å². The van der Waals surface area contributed by atoms with Gasteiger partial charge in [0.1, 0.15) is 18.7 Å². The fourth-order valence-corrected chi connectivity index (χ4v) is 3.88. The Bertz CT molecular complexity index is 1010. The minimum absolute atomic E-state index is 0.105. The smallest absolute Gasteiger partial charge is 0.407 e. The fourth-order valence-electron chi connectivity index (χ4n) is 3.88. The number of hydrogen-bond donors (Lipinski definition) is 3. The predicted octanol–water partition coefficient (Wildman–Crippen LogP) is 3.14. The molecule has 0 bridgehead atoms. The number of nitrogens with one attached hydrogen (secondary N) is 2. The highest BCUT2D eigenvalue weighted by Gasteiger charge is 2.31. The van der Waals surface area contributed by atoms with Crippen LogP contribution in [0.3, 0.4) is 0 Å². The van der Waals surface area contributed by atoms with E-state index in [0.29, 0.717) is 0 Å². The number of amides is 2. The van der Waals surface area contributed by atoms with Crippen LogP contribution >= 0.6 is 0 Å². The molecule has 1 aliphatic carbocycles. The van der Waals surface area contributed by atoms with Gasteiger partial charge in [-0.25, -0.2) is 9.59 Å². The van der Waals surface area contributed by atoms with Gasteiger partial charge in [0, 0.05) is 12.3 Å². The number of terminal acetylenes is 1. The third-order valence-electron chi connectivity index (χ3n) is 5.50. The fraction of sp³-hybridized carbons (Fsp3) is 0.320. The lowest BCUT2D eigenvalue weighted by Gasteiger charge is -2.23. The molecule has 0 heterocycles. The standard InChI is InChI=1S/C25H26N2O5/c1-4-9-21(24(29)30)26-23(28)22(15(2)3)27-25(31)32-14-20-18-12-7-5-10-16(18)17-11-6-8-13-19(17)20/h1,5-8,10-13,15,20-22H,9,14H2,2-3H3,(H,26,28)(H,27,31)(H,29,30)/t21?,22-/m1/s1. The van der Waals surface area contributed by atoms with E-state index in [1.165, 1.54) is 0 Å². The number of carboxylic acid groups (broad SMARTS) is 1. The first-order chi connectivity index (χ1) is 15.3. The van der Waals surface area contributed by atoms with Crippen molar-refractivity contribution in [2.75, 3.05) is 6.61 Å². The molecule has 1 aliphatic rings. The molecule has 0 radical (unpaired) electrons. The molecule has 7 nitrogen and oxygen atoms in total. The molecule has 3 rings (SSSR count). The number of alkyl carbamates (subject to hydrolysis) is 1. The molecule has 2 aromatic rings. The van der Waals surface area contributed by atoms with E-state index in [1.54, 1.807) is 13.8 Å². The Morgan fingerprint density at radius 3 is 2.09 bits per heavy atom. The second-order valence-electron chi connectivity index (χ2n) is 8.00. The first kappa shape index (κ1) is 22.9. The molecule has 1 unspecified atom stereocenters. The lowest BCUT2D eigenvalue weighted by Crippen LogP contribution is -2.53. The van der Waals surface area contributed by atoms with E-state index in [0.717, 1.165) is 22.3 Å². The first-order valence-corrected chi connectivity index (χ1v) is 10.4. The predicted molar refractivity (Wildman–Crippen MR) is 120 cm³/mol. The van der Waals surface area contributed by atoms with Crippen molar-refractivity contribution in [2.45, 2.75) is 38.3 Å². The maximum Gasteiger partial charge on any atom is 0.407 e. The number of hydrogen-bond acceptors (Lipinski definition) is 4. The largest absolute Gasteiger partial charge is 0.480 e. The monoisotopic (exact) mass is 434 g/mol. The number of rotatable bonds is 8. The summed E-state index contributed by atoms with van der Waals surface area (Å²) in [4.78, 5) is 36.4. The molecule has 166 valence electrons. The molecule has 7 heteroatoms. The SMILES string of the molecule is C#CCC(NC(=O)[C@H](NC(=O)OCC1c2ccccc2-c2ccccc21)C(C)C)C(=O)O. The lowest BCUT2D eigenvalue weighted by atomic mass is 9.98. The van der Waals surface area contributed by atoms with E-state index >= 15 is 0 Å². The van der Waals surface area contributed by atoms with Gasteiger partial charge in [0.25, 0.3) is 0 Å². The van der Waals surface area contributed by atoms with Crippen molar-refractivity contribution >= 4 is 18.0 Å². The third kappa shape index (κ3) is 4.92. The summed E-state index contributed by atoms with van der Waals surface area (Å²) >= 11 is 0. The van der Waals surface area contributed by atoms with Crippen molar-refractivity contribution in [3.63, 3.8) is 0 Å².